The van der Waals surface area contributed by atoms with Gasteiger partial charge in [-0.15, -0.1) is 0 Å². The molecule has 10 rings (SSSR count). The van der Waals surface area contributed by atoms with E-state index in [0.717, 1.165) is 83.2 Å². The number of nitrogens with zero attached hydrogens (tertiary/aromatic N) is 2. The molecule has 0 aliphatic heterocycles. The van der Waals surface area contributed by atoms with Crippen molar-refractivity contribution < 1.29 is 13.3 Å². The van der Waals surface area contributed by atoms with Crippen molar-refractivity contribution >= 4 is 72.0 Å². The summed E-state index contributed by atoms with van der Waals surface area (Å²) in [7, 11) is 0. The van der Waals surface area contributed by atoms with Crippen molar-refractivity contribution in [2.24, 2.45) is 0 Å². The van der Waals surface area contributed by atoms with E-state index >= 15 is 0 Å². The maximum Gasteiger partial charge on any atom is 0.227 e. The standard InChI is InChI=1S/C43H26N2O3/c1-3-9-27(10-4-1)28-15-17-30(18-16-28)45(31-20-22-37-35(25-31)33-13-7-8-14-36(33)46-37)32-19-21-34-40(26-32)47-38-23-24-39-42(41(34)38)44-43(48-39)29-11-5-2-6-12-29/h1-26H. The van der Waals surface area contributed by atoms with Crippen LogP contribution in [0.5, 0.6) is 0 Å². The predicted octanol–water partition coefficient (Wildman–Crippen LogP) is 12.4. The molecule has 3 heterocycles. The highest BCUT2D eigenvalue weighted by Crippen LogP contribution is 2.42. The second-order valence-corrected chi connectivity index (χ2v) is 12.0. The molecule has 7 aromatic carbocycles. The van der Waals surface area contributed by atoms with Crippen LogP contribution < -0.4 is 4.90 Å². The molecule has 0 unspecified atom stereocenters. The predicted molar refractivity (Wildman–Crippen MR) is 194 cm³/mol. The Balaban J connectivity index is 1.14. The molecule has 226 valence electrons. The molecule has 0 spiro atoms. The summed E-state index contributed by atoms with van der Waals surface area (Å²) in [6, 6.07) is 54.0. The van der Waals surface area contributed by atoms with E-state index in [1.54, 1.807) is 0 Å². The monoisotopic (exact) mass is 618 g/mol. The van der Waals surface area contributed by atoms with Gasteiger partial charge in [0.15, 0.2) is 5.58 Å². The van der Waals surface area contributed by atoms with E-state index in [1.807, 2.05) is 66.7 Å². The largest absolute Gasteiger partial charge is 0.456 e. The molecule has 0 saturated carbocycles. The molecule has 0 atom stereocenters. The molecule has 0 bridgehead atoms. The average molecular weight is 619 g/mol. The van der Waals surface area contributed by atoms with Crippen LogP contribution in [0.1, 0.15) is 0 Å². The normalized spacial score (nSPS) is 11.8. The Hall–Kier alpha value is -6.59. The topological polar surface area (TPSA) is 55.6 Å². The van der Waals surface area contributed by atoms with Gasteiger partial charge in [-0.2, -0.15) is 0 Å². The number of hydrogen-bond donors (Lipinski definition) is 0. The first-order chi connectivity index (χ1) is 23.8. The van der Waals surface area contributed by atoms with Crippen LogP contribution in [0.25, 0.3) is 77.6 Å². The average Bonchev–Trinajstić information content (AvgIpc) is 3.86. The SMILES string of the molecule is c1ccc(-c2ccc(N(c3ccc4c(c3)oc3ccc5oc(-c6ccccc6)nc5c34)c3ccc4oc5ccccc5c4c3)cc2)cc1. The molecule has 0 amide bonds. The van der Waals surface area contributed by atoms with Crippen LogP contribution in [0.2, 0.25) is 0 Å². The zero-order chi connectivity index (χ0) is 31.6. The summed E-state index contributed by atoms with van der Waals surface area (Å²) in [5.41, 5.74) is 11.1. The van der Waals surface area contributed by atoms with Gasteiger partial charge in [0, 0.05) is 44.9 Å². The number of hydrogen-bond acceptors (Lipinski definition) is 5. The number of oxazole rings is 1. The molecule has 0 fully saturated rings. The minimum atomic E-state index is 0.594. The summed E-state index contributed by atoms with van der Waals surface area (Å²) in [6.45, 7) is 0. The van der Waals surface area contributed by atoms with E-state index in [0.29, 0.717) is 5.89 Å². The maximum absolute atomic E-state index is 6.51. The van der Waals surface area contributed by atoms with Crippen molar-refractivity contribution in [2.45, 2.75) is 0 Å². The van der Waals surface area contributed by atoms with E-state index in [1.165, 1.54) is 5.56 Å². The van der Waals surface area contributed by atoms with Gasteiger partial charge < -0.3 is 18.2 Å². The maximum atomic E-state index is 6.51. The summed E-state index contributed by atoms with van der Waals surface area (Å²) >= 11 is 0. The number of para-hydroxylation sites is 1. The van der Waals surface area contributed by atoms with Gasteiger partial charge in [-0.25, -0.2) is 4.98 Å². The highest BCUT2D eigenvalue weighted by molar-refractivity contribution is 6.17. The molecule has 0 radical (unpaired) electrons. The van der Waals surface area contributed by atoms with E-state index in [4.69, 9.17) is 18.2 Å². The van der Waals surface area contributed by atoms with Gasteiger partial charge >= 0.3 is 0 Å². The van der Waals surface area contributed by atoms with E-state index in [-0.39, 0.29) is 0 Å². The smallest absolute Gasteiger partial charge is 0.227 e. The summed E-state index contributed by atoms with van der Waals surface area (Å²) in [6.07, 6.45) is 0. The number of fused-ring (bicyclic) bond motifs is 8. The van der Waals surface area contributed by atoms with E-state index in [9.17, 15) is 0 Å². The number of rotatable bonds is 5. The molecule has 0 aliphatic carbocycles. The van der Waals surface area contributed by atoms with Crippen LogP contribution in [0, 0.1) is 0 Å². The Morgan fingerprint density at radius 2 is 0.979 bits per heavy atom. The summed E-state index contributed by atoms with van der Waals surface area (Å²) in [5.74, 6) is 0.594. The highest BCUT2D eigenvalue weighted by atomic mass is 16.4. The molecule has 3 aromatic heterocycles. The molecular formula is C43H26N2O3. The van der Waals surface area contributed by atoms with Gasteiger partial charge in [-0.1, -0.05) is 78.9 Å². The first kappa shape index (κ1) is 26.6. The fourth-order valence-electron chi connectivity index (χ4n) is 6.82. The Labute approximate surface area is 274 Å². The lowest BCUT2D eigenvalue weighted by Gasteiger charge is -2.25. The Morgan fingerprint density at radius 1 is 0.375 bits per heavy atom. The van der Waals surface area contributed by atoms with Crippen molar-refractivity contribution in [1.82, 2.24) is 4.98 Å². The molecule has 0 aliphatic rings. The number of aromatic nitrogens is 1. The fourth-order valence-corrected chi connectivity index (χ4v) is 6.82. The molecule has 5 nitrogen and oxygen atoms in total. The first-order valence-electron chi connectivity index (χ1n) is 15.9. The zero-order valence-corrected chi connectivity index (χ0v) is 25.6. The number of benzene rings is 7. The Bertz CT molecular complexity index is 2770. The van der Waals surface area contributed by atoms with Gasteiger partial charge in [0.05, 0.1) is 5.39 Å². The molecule has 0 N–H and O–H groups in total. The van der Waals surface area contributed by atoms with Crippen molar-refractivity contribution in [3.05, 3.63) is 158 Å². The molecule has 10 aromatic rings. The van der Waals surface area contributed by atoms with Crippen molar-refractivity contribution in [2.75, 3.05) is 4.90 Å². The Morgan fingerprint density at radius 3 is 1.81 bits per heavy atom. The van der Waals surface area contributed by atoms with Gasteiger partial charge in [0.1, 0.15) is 27.8 Å². The molecule has 5 heteroatoms. The lowest BCUT2D eigenvalue weighted by Crippen LogP contribution is -2.09. The number of anilines is 3. The van der Waals surface area contributed by atoms with Gasteiger partial charge in [-0.05, 0) is 83.9 Å². The quantitative estimate of drug-likeness (QED) is 0.192. The summed E-state index contributed by atoms with van der Waals surface area (Å²) in [5, 5.41) is 4.10. The second kappa shape index (κ2) is 10.5. The van der Waals surface area contributed by atoms with Crippen molar-refractivity contribution in [3.63, 3.8) is 0 Å². The van der Waals surface area contributed by atoms with Crippen LogP contribution in [0.15, 0.2) is 171 Å². The lowest BCUT2D eigenvalue weighted by atomic mass is 10.0. The van der Waals surface area contributed by atoms with Gasteiger partial charge in [0.2, 0.25) is 5.89 Å². The van der Waals surface area contributed by atoms with Crippen LogP contribution in [0.3, 0.4) is 0 Å². The fraction of sp³-hybridized carbons (Fsp3) is 0. The first-order valence-corrected chi connectivity index (χ1v) is 15.9. The van der Waals surface area contributed by atoms with Crippen LogP contribution in [-0.2, 0) is 0 Å². The zero-order valence-electron chi connectivity index (χ0n) is 25.6. The van der Waals surface area contributed by atoms with Crippen molar-refractivity contribution in [1.29, 1.82) is 0 Å². The summed E-state index contributed by atoms with van der Waals surface area (Å²) in [4.78, 5) is 7.19. The van der Waals surface area contributed by atoms with Gasteiger partial charge in [-0.3, -0.25) is 0 Å². The van der Waals surface area contributed by atoms with Gasteiger partial charge in [0.25, 0.3) is 0 Å². The minimum Gasteiger partial charge on any atom is -0.456 e. The molecule has 48 heavy (non-hydrogen) atoms. The van der Waals surface area contributed by atoms with Crippen LogP contribution in [0.4, 0.5) is 17.1 Å². The van der Waals surface area contributed by atoms with E-state index in [2.05, 4.69) is 95.9 Å². The minimum absolute atomic E-state index is 0.594. The van der Waals surface area contributed by atoms with Crippen LogP contribution in [-0.4, -0.2) is 4.98 Å². The Kier molecular flexibility index (Phi) is 5.81. The van der Waals surface area contributed by atoms with Crippen molar-refractivity contribution in [3.8, 4) is 22.6 Å². The highest BCUT2D eigenvalue weighted by Gasteiger charge is 2.20. The molecular weight excluding hydrogens is 592 g/mol. The summed E-state index contributed by atoms with van der Waals surface area (Å²) < 4.78 is 18.9. The third-order valence-electron chi connectivity index (χ3n) is 9.11. The molecule has 0 saturated heterocycles. The third kappa shape index (κ3) is 4.22. The van der Waals surface area contributed by atoms with E-state index < -0.39 is 0 Å². The third-order valence-corrected chi connectivity index (χ3v) is 9.11. The number of furan rings is 2. The van der Waals surface area contributed by atoms with Crippen LogP contribution >= 0.6 is 0 Å². The lowest BCUT2D eigenvalue weighted by molar-refractivity contribution is 0.619. The second-order valence-electron chi connectivity index (χ2n) is 12.0.